The van der Waals surface area contributed by atoms with E-state index in [-0.39, 0.29) is 0 Å². The number of fused-ring (bicyclic) bond motifs is 2. The zero-order chi connectivity index (χ0) is 15.9. The van der Waals surface area contributed by atoms with E-state index in [9.17, 15) is 9.90 Å². The first-order valence-electron chi connectivity index (χ1n) is 7.75. The van der Waals surface area contributed by atoms with Crippen molar-refractivity contribution in [1.29, 1.82) is 0 Å². The van der Waals surface area contributed by atoms with Gasteiger partial charge in [-0.05, 0) is 49.8 Å². The lowest BCUT2D eigenvalue weighted by molar-refractivity contribution is -0.139. The Morgan fingerprint density at radius 2 is 2.05 bits per heavy atom. The molecular formula is C17H23N3O2. The van der Waals surface area contributed by atoms with Crippen molar-refractivity contribution in [2.45, 2.75) is 39.0 Å². The van der Waals surface area contributed by atoms with Crippen molar-refractivity contribution in [3.8, 4) is 0 Å². The van der Waals surface area contributed by atoms with E-state index in [1.54, 1.807) is 7.05 Å². The predicted molar refractivity (Wildman–Crippen MR) is 87.0 cm³/mol. The van der Waals surface area contributed by atoms with Crippen molar-refractivity contribution in [3.63, 3.8) is 0 Å². The van der Waals surface area contributed by atoms with Crippen LogP contribution in [0.4, 0.5) is 0 Å². The zero-order valence-corrected chi connectivity index (χ0v) is 13.4. The number of carbonyl (C=O) groups is 1. The normalized spacial score (nSPS) is 16.1. The third-order valence-electron chi connectivity index (χ3n) is 4.58. The molecule has 0 amide bonds. The van der Waals surface area contributed by atoms with Gasteiger partial charge in [-0.25, -0.2) is 0 Å². The van der Waals surface area contributed by atoms with E-state index in [1.807, 2.05) is 0 Å². The number of carboxylic acid groups (broad SMARTS) is 1. The maximum Gasteiger partial charge on any atom is 0.321 e. The average molecular weight is 301 g/mol. The van der Waals surface area contributed by atoms with Crippen LogP contribution in [0.3, 0.4) is 0 Å². The van der Waals surface area contributed by atoms with Gasteiger partial charge in [0, 0.05) is 43.2 Å². The van der Waals surface area contributed by atoms with Crippen LogP contribution in [0.15, 0.2) is 18.3 Å². The van der Waals surface area contributed by atoms with E-state index in [0.29, 0.717) is 6.42 Å². The van der Waals surface area contributed by atoms with Crippen LogP contribution in [0.25, 0.3) is 10.9 Å². The number of aromatic nitrogens is 1. The zero-order valence-electron chi connectivity index (χ0n) is 13.4. The second-order valence-electron chi connectivity index (χ2n) is 6.13. The van der Waals surface area contributed by atoms with Gasteiger partial charge in [0.05, 0.1) is 0 Å². The van der Waals surface area contributed by atoms with Crippen LogP contribution in [0.5, 0.6) is 0 Å². The third-order valence-corrected chi connectivity index (χ3v) is 4.58. The number of benzene rings is 1. The molecule has 2 heterocycles. The highest BCUT2D eigenvalue weighted by atomic mass is 16.4. The van der Waals surface area contributed by atoms with E-state index < -0.39 is 12.0 Å². The van der Waals surface area contributed by atoms with E-state index in [1.165, 1.54) is 22.0 Å². The first-order chi connectivity index (χ1) is 10.5. The molecule has 1 aliphatic rings. The van der Waals surface area contributed by atoms with E-state index in [2.05, 4.69) is 47.1 Å². The number of nitrogens with zero attached hydrogens (tertiary/aromatic N) is 2. The minimum absolute atomic E-state index is 0.504. The van der Waals surface area contributed by atoms with Crippen molar-refractivity contribution in [2.75, 3.05) is 14.1 Å². The Morgan fingerprint density at radius 1 is 1.36 bits per heavy atom. The molecule has 3 rings (SSSR count). The summed E-state index contributed by atoms with van der Waals surface area (Å²) in [5.74, 6) is -0.805. The lowest BCUT2D eigenvalue weighted by Crippen LogP contribution is -2.35. The summed E-state index contributed by atoms with van der Waals surface area (Å²) in [7, 11) is 3.82. The van der Waals surface area contributed by atoms with Gasteiger partial charge >= 0.3 is 5.97 Å². The molecule has 0 saturated carbocycles. The summed E-state index contributed by atoms with van der Waals surface area (Å²) >= 11 is 0. The third kappa shape index (κ3) is 2.51. The number of rotatable bonds is 5. The Bertz CT molecular complexity index is 720. The highest BCUT2D eigenvalue weighted by Crippen LogP contribution is 2.30. The Morgan fingerprint density at radius 3 is 2.64 bits per heavy atom. The topological polar surface area (TPSA) is 57.5 Å². The van der Waals surface area contributed by atoms with Gasteiger partial charge in [-0.15, -0.1) is 0 Å². The van der Waals surface area contributed by atoms with Crippen LogP contribution in [0.2, 0.25) is 0 Å². The molecule has 22 heavy (non-hydrogen) atoms. The summed E-state index contributed by atoms with van der Waals surface area (Å²) in [4.78, 5) is 13.6. The summed E-state index contributed by atoms with van der Waals surface area (Å²) in [6.07, 6.45) is 2.61. The van der Waals surface area contributed by atoms with E-state index in [4.69, 9.17) is 0 Å². The fourth-order valence-electron chi connectivity index (χ4n) is 3.39. The quantitative estimate of drug-likeness (QED) is 0.884. The van der Waals surface area contributed by atoms with Crippen molar-refractivity contribution >= 4 is 16.9 Å². The first-order valence-corrected chi connectivity index (χ1v) is 7.75. The molecule has 1 aromatic carbocycles. The highest BCUT2D eigenvalue weighted by Gasteiger charge is 2.22. The largest absolute Gasteiger partial charge is 0.480 e. The molecule has 0 fully saturated rings. The lowest BCUT2D eigenvalue weighted by atomic mass is 10.0. The van der Waals surface area contributed by atoms with Gasteiger partial charge in [0.15, 0.2) is 0 Å². The summed E-state index contributed by atoms with van der Waals surface area (Å²) in [6, 6.07) is 3.98. The minimum atomic E-state index is -0.805. The highest BCUT2D eigenvalue weighted by molar-refractivity contribution is 5.87. The Kier molecular flexibility index (Phi) is 3.93. The van der Waals surface area contributed by atoms with Crippen molar-refractivity contribution in [3.05, 3.63) is 35.0 Å². The fraction of sp³-hybridized carbons (Fsp3) is 0.471. The molecule has 1 aromatic heterocycles. The number of carboxylic acids is 1. The Hall–Kier alpha value is -1.85. The summed E-state index contributed by atoms with van der Waals surface area (Å²) in [5.41, 5.74) is 5.07. The van der Waals surface area contributed by atoms with Gasteiger partial charge in [0.25, 0.3) is 0 Å². The van der Waals surface area contributed by atoms with Gasteiger partial charge < -0.3 is 15.0 Å². The molecule has 0 spiro atoms. The summed E-state index contributed by atoms with van der Waals surface area (Å²) in [6.45, 7) is 4.97. The fourth-order valence-corrected chi connectivity index (χ4v) is 3.39. The Labute approximate surface area is 130 Å². The molecule has 2 N–H and O–H groups in total. The molecular weight excluding hydrogens is 278 g/mol. The molecule has 0 saturated heterocycles. The van der Waals surface area contributed by atoms with E-state index >= 15 is 0 Å². The molecule has 1 aliphatic heterocycles. The first kappa shape index (κ1) is 15.1. The van der Waals surface area contributed by atoms with Gasteiger partial charge in [-0.1, -0.05) is 0 Å². The number of hydrogen-bond acceptors (Lipinski definition) is 3. The van der Waals surface area contributed by atoms with Gasteiger partial charge in [0.2, 0.25) is 0 Å². The SMILES string of the molecule is CCn1cc(CC(NC)C(=O)O)c2cc3c(cc21)CN(C)C3. The smallest absolute Gasteiger partial charge is 0.321 e. The lowest BCUT2D eigenvalue weighted by Gasteiger charge is -2.10. The maximum atomic E-state index is 11.3. The van der Waals surface area contributed by atoms with Crippen molar-refractivity contribution in [2.24, 2.45) is 0 Å². The molecule has 0 bridgehead atoms. The van der Waals surface area contributed by atoms with E-state index in [0.717, 1.165) is 25.2 Å². The molecule has 1 unspecified atom stereocenters. The summed E-state index contributed by atoms with van der Waals surface area (Å²) < 4.78 is 2.22. The van der Waals surface area contributed by atoms with Crippen LogP contribution in [-0.2, 0) is 30.8 Å². The number of aryl methyl sites for hydroxylation is 1. The van der Waals surface area contributed by atoms with Gasteiger partial charge in [-0.2, -0.15) is 0 Å². The predicted octanol–water partition coefficient (Wildman–Crippen LogP) is 1.82. The number of aliphatic carboxylic acids is 1. The summed E-state index contributed by atoms with van der Waals surface area (Å²) in [5, 5.41) is 13.4. The van der Waals surface area contributed by atoms with Crippen LogP contribution < -0.4 is 5.32 Å². The molecule has 1 atom stereocenters. The second-order valence-corrected chi connectivity index (χ2v) is 6.13. The maximum absolute atomic E-state index is 11.3. The molecule has 0 radical (unpaired) electrons. The van der Waals surface area contributed by atoms with Crippen LogP contribution >= 0.6 is 0 Å². The number of hydrogen-bond donors (Lipinski definition) is 2. The van der Waals surface area contributed by atoms with Gasteiger partial charge in [-0.3, -0.25) is 9.69 Å². The minimum Gasteiger partial charge on any atom is -0.480 e. The van der Waals surface area contributed by atoms with Crippen molar-refractivity contribution < 1.29 is 9.90 Å². The molecule has 0 aliphatic carbocycles. The number of nitrogens with one attached hydrogen (secondary N) is 1. The molecule has 5 heteroatoms. The Balaban J connectivity index is 2.07. The standard InChI is InChI=1S/C17H23N3O2/c1-4-20-10-13(6-15(18-2)17(21)22)14-5-11-8-19(3)9-12(11)7-16(14)20/h5,7,10,15,18H,4,6,8-9H2,1-3H3,(H,21,22). The monoisotopic (exact) mass is 301 g/mol. The molecule has 5 nitrogen and oxygen atoms in total. The second kappa shape index (κ2) is 5.74. The molecule has 118 valence electrons. The van der Waals surface area contributed by atoms with Crippen LogP contribution in [0, 0.1) is 0 Å². The van der Waals surface area contributed by atoms with Gasteiger partial charge in [0.1, 0.15) is 6.04 Å². The average Bonchev–Trinajstić information content (AvgIpc) is 3.00. The van der Waals surface area contributed by atoms with Crippen molar-refractivity contribution in [1.82, 2.24) is 14.8 Å². The van der Waals surface area contributed by atoms with Crippen LogP contribution in [-0.4, -0.2) is 40.7 Å². The number of likely N-dealkylation sites (N-methyl/N-ethyl adjacent to an activating group) is 1. The van der Waals surface area contributed by atoms with Crippen LogP contribution in [0.1, 0.15) is 23.6 Å². The molecule has 2 aromatic rings.